The summed E-state index contributed by atoms with van der Waals surface area (Å²) in [5.74, 6) is 0. The smallest absolute Gasteiger partial charge is 0.0540 e. The summed E-state index contributed by atoms with van der Waals surface area (Å²) in [6, 6.07) is 67.7. The van der Waals surface area contributed by atoms with Gasteiger partial charge in [0.15, 0.2) is 0 Å². The van der Waals surface area contributed by atoms with Crippen molar-refractivity contribution < 1.29 is 0 Å². The van der Waals surface area contributed by atoms with Gasteiger partial charge in [0.25, 0.3) is 0 Å². The Kier molecular flexibility index (Phi) is 6.90. The Labute approximate surface area is 264 Å². The first kappa shape index (κ1) is 26.7. The normalized spacial score (nSPS) is 11.1. The second-order valence-corrected chi connectivity index (χ2v) is 11.4. The van der Waals surface area contributed by atoms with E-state index in [4.69, 9.17) is 0 Å². The van der Waals surface area contributed by atoms with E-state index in [0.717, 1.165) is 17.1 Å². The van der Waals surface area contributed by atoms with Gasteiger partial charge < -0.3 is 4.90 Å². The van der Waals surface area contributed by atoms with Crippen LogP contribution in [0.25, 0.3) is 54.9 Å². The van der Waals surface area contributed by atoms with E-state index in [1.165, 1.54) is 54.9 Å². The van der Waals surface area contributed by atoms with Crippen LogP contribution in [0, 0.1) is 0 Å². The molecule has 8 aromatic carbocycles. The third-order valence-electron chi connectivity index (χ3n) is 8.62. The molecule has 8 aromatic rings. The second kappa shape index (κ2) is 11.6. The van der Waals surface area contributed by atoms with E-state index in [-0.39, 0.29) is 0 Å². The van der Waals surface area contributed by atoms with Crippen LogP contribution < -0.4 is 4.90 Å². The van der Waals surface area contributed by atoms with Gasteiger partial charge in [-0.05, 0) is 92.0 Å². The lowest BCUT2D eigenvalue weighted by molar-refractivity contribution is 1.30. The fourth-order valence-corrected chi connectivity index (χ4v) is 6.42. The average molecular weight is 574 g/mol. The molecule has 0 aliphatic heterocycles. The molecule has 0 heterocycles. The Bertz CT molecular complexity index is 2250. The molecule has 0 radical (unpaired) electrons. The molecule has 0 aliphatic carbocycles. The second-order valence-electron chi connectivity index (χ2n) is 11.4. The molecule has 0 aromatic heterocycles. The standard InChI is InChI=1S/C44H31N/c1-3-13-32(14-4-1)36-20-11-21-40(30-36)45(44-24-12-19-34-17-7-10-23-42(34)44)39-27-25-33(26-28-39)38-29-37-18-8-9-22-41(37)43(31-38)35-15-5-2-6-16-35/h1-31H. The van der Waals surface area contributed by atoms with Crippen molar-refractivity contribution in [3.05, 3.63) is 188 Å². The van der Waals surface area contributed by atoms with Crippen LogP contribution in [0.1, 0.15) is 0 Å². The Morgan fingerprint density at radius 1 is 0.289 bits per heavy atom. The first-order valence-electron chi connectivity index (χ1n) is 15.4. The SMILES string of the molecule is c1ccc(-c2cccc(N(c3ccc(-c4cc(-c5ccccc5)c5ccccc5c4)cc3)c3cccc4ccccc34)c2)cc1. The first-order chi connectivity index (χ1) is 22.3. The maximum Gasteiger partial charge on any atom is 0.0540 e. The molecular formula is C44H31N. The minimum absolute atomic E-state index is 1.12. The molecule has 0 bridgehead atoms. The molecule has 0 saturated carbocycles. The van der Waals surface area contributed by atoms with Crippen molar-refractivity contribution >= 4 is 38.6 Å². The van der Waals surface area contributed by atoms with Crippen molar-refractivity contribution in [1.29, 1.82) is 0 Å². The maximum absolute atomic E-state index is 2.38. The Hall–Kier alpha value is -5.92. The summed E-state index contributed by atoms with van der Waals surface area (Å²) in [7, 11) is 0. The van der Waals surface area contributed by atoms with Crippen LogP contribution in [0.3, 0.4) is 0 Å². The molecule has 0 atom stereocenters. The highest BCUT2D eigenvalue weighted by Crippen LogP contribution is 2.41. The van der Waals surface area contributed by atoms with Gasteiger partial charge in [-0.25, -0.2) is 0 Å². The zero-order chi connectivity index (χ0) is 30.0. The summed E-state index contributed by atoms with van der Waals surface area (Å²) in [6.45, 7) is 0. The van der Waals surface area contributed by atoms with E-state index < -0.39 is 0 Å². The third-order valence-corrected chi connectivity index (χ3v) is 8.62. The average Bonchev–Trinajstić information content (AvgIpc) is 3.12. The zero-order valence-corrected chi connectivity index (χ0v) is 24.8. The Morgan fingerprint density at radius 2 is 0.867 bits per heavy atom. The van der Waals surface area contributed by atoms with Crippen molar-refractivity contribution in [2.75, 3.05) is 4.90 Å². The number of benzene rings is 8. The molecule has 0 aliphatic rings. The van der Waals surface area contributed by atoms with Crippen molar-refractivity contribution in [2.24, 2.45) is 0 Å². The Balaban J connectivity index is 1.26. The lowest BCUT2D eigenvalue weighted by Crippen LogP contribution is -2.10. The monoisotopic (exact) mass is 573 g/mol. The number of nitrogens with zero attached hydrogens (tertiary/aromatic N) is 1. The summed E-state index contributed by atoms with van der Waals surface area (Å²) in [5, 5.41) is 4.95. The lowest BCUT2D eigenvalue weighted by Gasteiger charge is -2.27. The quantitative estimate of drug-likeness (QED) is 0.191. The number of anilines is 3. The highest BCUT2D eigenvalue weighted by atomic mass is 15.1. The number of rotatable bonds is 6. The first-order valence-corrected chi connectivity index (χ1v) is 15.4. The molecule has 0 fully saturated rings. The van der Waals surface area contributed by atoms with E-state index in [0.29, 0.717) is 0 Å². The van der Waals surface area contributed by atoms with Gasteiger partial charge in [0.05, 0.1) is 5.69 Å². The fraction of sp³-hybridized carbons (Fsp3) is 0. The van der Waals surface area contributed by atoms with E-state index >= 15 is 0 Å². The van der Waals surface area contributed by atoms with Gasteiger partial charge in [-0.15, -0.1) is 0 Å². The number of hydrogen-bond donors (Lipinski definition) is 0. The van der Waals surface area contributed by atoms with Crippen molar-refractivity contribution in [1.82, 2.24) is 0 Å². The minimum atomic E-state index is 1.12. The third kappa shape index (κ3) is 5.15. The molecule has 0 unspecified atom stereocenters. The molecule has 0 saturated heterocycles. The molecule has 8 rings (SSSR count). The van der Waals surface area contributed by atoms with Gasteiger partial charge in [-0.2, -0.15) is 0 Å². The summed E-state index contributed by atoms with van der Waals surface area (Å²) in [5.41, 5.74) is 10.7. The highest BCUT2D eigenvalue weighted by Gasteiger charge is 2.17. The Morgan fingerprint density at radius 3 is 1.64 bits per heavy atom. The number of fused-ring (bicyclic) bond motifs is 2. The zero-order valence-electron chi connectivity index (χ0n) is 24.8. The predicted molar refractivity (Wildman–Crippen MR) is 192 cm³/mol. The fourth-order valence-electron chi connectivity index (χ4n) is 6.42. The van der Waals surface area contributed by atoms with Crippen LogP contribution in [0.2, 0.25) is 0 Å². The highest BCUT2D eigenvalue weighted by molar-refractivity contribution is 6.01. The topological polar surface area (TPSA) is 3.24 Å². The molecule has 212 valence electrons. The van der Waals surface area contributed by atoms with Gasteiger partial charge in [0.2, 0.25) is 0 Å². The largest absolute Gasteiger partial charge is 0.310 e. The van der Waals surface area contributed by atoms with E-state index in [1.807, 2.05) is 0 Å². The summed E-state index contributed by atoms with van der Waals surface area (Å²) >= 11 is 0. The van der Waals surface area contributed by atoms with E-state index in [1.54, 1.807) is 0 Å². The van der Waals surface area contributed by atoms with Gasteiger partial charge in [-0.3, -0.25) is 0 Å². The van der Waals surface area contributed by atoms with Crippen LogP contribution >= 0.6 is 0 Å². The van der Waals surface area contributed by atoms with Gasteiger partial charge in [0.1, 0.15) is 0 Å². The summed E-state index contributed by atoms with van der Waals surface area (Å²) in [6.07, 6.45) is 0. The van der Waals surface area contributed by atoms with Crippen molar-refractivity contribution in [3.8, 4) is 33.4 Å². The van der Waals surface area contributed by atoms with Gasteiger partial charge >= 0.3 is 0 Å². The van der Waals surface area contributed by atoms with Gasteiger partial charge in [-0.1, -0.05) is 146 Å². The lowest BCUT2D eigenvalue weighted by atomic mass is 9.93. The molecule has 45 heavy (non-hydrogen) atoms. The molecule has 0 N–H and O–H groups in total. The maximum atomic E-state index is 2.38. The van der Waals surface area contributed by atoms with Crippen LogP contribution in [-0.2, 0) is 0 Å². The van der Waals surface area contributed by atoms with Crippen LogP contribution in [0.4, 0.5) is 17.1 Å². The van der Waals surface area contributed by atoms with Gasteiger partial charge in [0, 0.05) is 16.8 Å². The summed E-state index contributed by atoms with van der Waals surface area (Å²) < 4.78 is 0. The van der Waals surface area contributed by atoms with Crippen LogP contribution in [0.5, 0.6) is 0 Å². The van der Waals surface area contributed by atoms with E-state index in [9.17, 15) is 0 Å². The van der Waals surface area contributed by atoms with Crippen molar-refractivity contribution in [3.63, 3.8) is 0 Å². The van der Waals surface area contributed by atoms with Crippen molar-refractivity contribution in [2.45, 2.75) is 0 Å². The predicted octanol–water partition coefficient (Wildman–Crippen LogP) is 12.5. The molecule has 0 amide bonds. The number of hydrogen-bond acceptors (Lipinski definition) is 1. The van der Waals surface area contributed by atoms with Crippen LogP contribution in [0.15, 0.2) is 188 Å². The molecule has 1 nitrogen and oxygen atoms in total. The minimum Gasteiger partial charge on any atom is -0.310 e. The molecule has 0 spiro atoms. The summed E-state index contributed by atoms with van der Waals surface area (Å²) in [4.78, 5) is 2.38. The van der Waals surface area contributed by atoms with Crippen LogP contribution in [-0.4, -0.2) is 0 Å². The molecule has 1 heteroatoms. The van der Waals surface area contributed by atoms with E-state index in [2.05, 4.69) is 193 Å². The molecular weight excluding hydrogens is 542 g/mol.